The van der Waals surface area contributed by atoms with Gasteiger partial charge in [-0.2, -0.15) is 0 Å². The number of piperazine rings is 1. The summed E-state index contributed by atoms with van der Waals surface area (Å²) in [5.74, 6) is -8.89. The van der Waals surface area contributed by atoms with Crippen LogP contribution in [-0.4, -0.2) is 124 Å². The average molecular weight is 709 g/mol. The Labute approximate surface area is 277 Å². The monoisotopic (exact) mass is 708 g/mol. The van der Waals surface area contributed by atoms with Crippen molar-refractivity contribution in [2.24, 2.45) is 0 Å². The summed E-state index contributed by atoms with van der Waals surface area (Å²) in [5, 5.41) is 16.2. The van der Waals surface area contributed by atoms with E-state index in [-0.39, 0.29) is 37.4 Å². The van der Waals surface area contributed by atoms with Gasteiger partial charge in [0.2, 0.25) is 22.2 Å². The zero-order valence-electron chi connectivity index (χ0n) is 26.7. The minimum absolute atomic E-state index is 0.0380. The van der Waals surface area contributed by atoms with Gasteiger partial charge in [0.25, 0.3) is 10.9 Å². The number of carbonyl (C=O) groups excluding carboxylic acids is 8. The molecule has 0 radical (unpaired) electrons. The Kier molecular flexibility index (Phi) is 9.45. The van der Waals surface area contributed by atoms with Crippen molar-refractivity contribution >= 4 is 63.8 Å². The van der Waals surface area contributed by atoms with Crippen molar-refractivity contribution in [2.45, 2.75) is 62.5 Å². The molecule has 1 aromatic rings. The van der Waals surface area contributed by atoms with Crippen LogP contribution >= 0.6 is 0 Å². The number of hydrogen-bond donors (Lipinski definition) is 4. The maximum Gasteiger partial charge on any atom is 0.328 e. The molecule has 7 amide bonds. The first-order valence-electron chi connectivity index (χ1n) is 14.5. The lowest BCUT2D eigenvalue weighted by Gasteiger charge is -2.52. The number of nitrogens with zero attached hydrogens (tertiary/aromatic N) is 3. The number of sulfone groups is 1. The molecule has 21 heteroatoms. The molecule has 3 aliphatic heterocycles. The van der Waals surface area contributed by atoms with E-state index in [4.69, 9.17) is 9.47 Å². The fourth-order valence-corrected chi connectivity index (χ4v) is 8.39. The number of benzene rings is 1. The summed E-state index contributed by atoms with van der Waals surface area (Å²) in [7, 11) is -4.82. The second kappa shape index (κ2) is 12.8. The molecule has 20 nitrogen and oxygen atoms in total. The Bertz CT molecular complexity index is 1790. The van der Waals surface area contributed by atoms with Gasteiger partial charge >= 0.3 is 35.8 Å². The van der Waals surface area contributed by atoms with E-state index in [1.54, 1.807) is 6.92 Å². The van der Waals surface area contributed by atoms with Crippen LogP contribution in [0.3, 0.4) is 0 Å². The Balaban J connectivity index is 1.78. The number of aliphatic carboxylic acids is 1. The number of imide groups is 1. The quantitative estimate of drug-likeness (QED) is 0.0637. The van der Waals surface area contributed by atoms with Crippen molar-refractivity contribution < 1.29 is 66.1 Å². The third-order valence-electron chi connectivity index (χ3n) is 8.31. The Hall–Kier alpha value is -5.60. The van der Waals surface area contributed by atoms with Crippen LogP contribution in [0.4, 0.5) is 4.79 Å². The minimum Gasteiger partial charge on any atom is -0.480 e. The molecule has 3 saturated heterocycles. The second-order valence-electron chi connectivity index (χ2n) is 11.6. The highest BCUT2D eigenvalue weighted by Crippen LogP contribution is 2.52. The van der Waals surface area contributed by atoms with Crippen molar-refractivity contribution in [1.29, 1.82) is 0 Å². The van der Waals surface area contributed by atoms with Crippen molar-refractivity contribution in [1.82, 2.24) is 30.7 Å². The number of β-lactam (4-membered cyclic amide) rings is 1. The van der Waals surface area contributed by atoms with E-state index in [0.29, 0.717) is 9.80 Å². The van der Waals surface area contributed by atoms with Gasteiger partial charge in [0, 0.05) is 33.5 Å². The summed E-state index contributed by atoms with van der Waals surface area (Å²) in [6.07, 6.45) is -0.0899. The molecule has 3 fully saturated rings. The number of carbonyl (C=O) groups is 9. The minimum atomic E-state index is -4.82. The standard InChI is InChI=1S/C28H32N6O14S/c1-6-32-9-10-33(24(41)23(32)40)26(44)30-18(15-7-8-16(47-13(2)36)17(11-15)48-14(3)37)21(38)31-19-22(39)34-20(25(42)43)27(4,5)49(45,46)28(19,34)29-12-35/h7-8,11-12,18-20H,6,9-10H2,1-5H3,(H,29,35)(H,30,44)(H,31,38)(H,42,43)/t18?,19-,20+,28?/m1/s1. The van der Waals surface area contributed by atoms with Crippen LogP contribution in [0.1, 0.15) is 46.2 Å². The van der Waals surface area contributed by atoms with Crippen LogP contribution in [0.5, 0.6) is 11.5 Å². The normalized spacial score (nSPS) is 24.2. The summed E-state index contributed by atoms with van der Waals surface area (Å²) in [6.45, 7) is 5.58. The Morgan fingerprint density at radius 2 is 1.63 bits per heavy atom. The average Bonchev–Trinajstić information content (AvgIpc) is 3.13. The number of ether oxygens (including phenoxy) is 2. The number of esters is 2. The number of fused-ring (bicyclic) bond motifs is 1. The molecule has 1 aromatic carbocycles. The largest absolute Gasteiger partial charge is 0.480 e. The van der Waals surface area contributed by atoms with Gasteiger partial charge in [-0.25, -0.2) is 18.0 Å². The van der Waals surface area contributed by atoms with Gasteiger partial charge in [0.05, 0.1) is 0 Å². The molecule has 0 aliphatic carbocycles. The molecule has 0 bridgehead atoms. The smallest absolute Gasteiger partial charge is 0.328 e. The number of nitrogens with one attached hydrogen (secondary N) is 3. The van der Waals surface area contributed by atoms with E-state index >= 15 is 0 Å². The maximum atomic E-state index is 14.0. The topological polar surface area (TPSA) is 272 Å². The highest BCUT2D eigenvalue weighted by atomic mass is 32.2. The zero-order chi connectivity index (χ0) is 36.8. The predicted octanol–water partition coefficient (Wildman–Crippen LogP) is -2.63. The Morgan fingerprint density at radius 1 is 1.02 bits per heavy atom. The van der Waals surface area contributed by atoms with Gasteiger partial charge < -0.3 is 35.4 Å². The van der Waals surface area contributed by atoms with Crippen molar-refractivity contribution in [3.8, 4) is 11.5 Å². The molecular formula is C28H32N6O14S. The molecule has 0 saturated carbocycles. The van der Waals surface area contributed by atoms with E-state index < -0.39 is 91.0 Å². The number of amides is 7. The fourth-order valence-electron chi connectivity index (χ4n) is 5.96. The number of carboxylic acid groups (broad SMARTS) is 1. The van der Waals surface area contributed by atoms with Crippen molar-refractivity contribution in [3.05, 3.63) is 23.8 Å². The molecule has 4 rings (SSSR count). The van der Waals surface area contributed by atoms with Gasteiger partial charge in [0.1, 0.15) is 10.8 Å². The first-order chi connectivity index (χ1) is 22.8. The molecule has 0 aromatic heterocycles. The predicted molar refractivity (Wildman–Crippen MR) is 159 cm³/mol. The Morgan fingerprint density at radius 3 is 2.18 bits per heavy atom. The van der Waals surface area contributed by atoms with Gasteiger partial charge in [-0.15, -0.1) is 0 Å². The van der Waals surface area contributed by atoms with Gasteiger partial charge in [0.15, 0.2) is 23.6 Å². The molecular weight excluding hydrogens is 676 g/mol. The first-order valence-corrected chi connectivity index (χ1v) is 16.0. The third kappa shape index (κ3) is 5.68. The maximum absolute atomic E-state index is 14.0. The lowest BCUT2D eigenvalue weighted by Crippen LogP contribution is -2.85. The second-order valence-corrected chi connectivity index (χ2v) is 14.3. The SMILES string of the molecule is CCN1CCN(C(=O)NC(C(=O)N[C@@H]2C(=O)N3[C@@H](C(=O)O)C(C)(C)S(=O)(=O)C23NC=O)c2ccc(OC(C)=O)c(OC(C)=O)c2)C(=O)C1=O. The molecule has 4 N–H and O–H groups in total. The van der Waals surface area contributed by atoms with Gasteiger partial charge in [-0.1, -0.05) is 6.07 Å². The molecule has 264 valence electrons. The molecule has 4 atom stereocenters. The molecule has 3 aliphatic rings. The van der Waals surface area contributed by atoms with Crippen LogP contribution in [0.25, 0.3) is 0 Å². The van der Waals surface area contributed by atoms with E-state index in [1.165, 1.54) is 4.90 Å². The van der Waals surface area contributed by atoms with Crippen molar-refractivity contribution in [2.75, 3.05) is 19.6 Å². The summed E-state index contributed by atoms with van der Waals surface area (Å²) < 4.78 is 35.5. The molecule has 2 unspecified atom stereocenters. The number of rotatable bonds is 10. The lowest BCUT2D eigenvalue weighted by molar-refractivity contribution is -0.171. The van der Waals surface area contributed by atoms with Crippen LogP contribution < -0.4 is 25.4 Å². The number of hydrogen-bond acceptors (Lipinski definition) is 13. The highest BCUT2D eigenvalue weighted by molar-refractivity contribution is 7.94. The molecule has 49 heavy (non-hydrogen) atoms. The number of urea groups is 1. The van der Waals surface area contributed by atoms with Crippen LogP contribution in [0.15, 0.2) is 18.2 Å². The summed E-state index contributed by atoms with van der Waals surface area (Å²) in [4.78, 5) is 113. The highest BCUT2D eigenvalue weighted by Gasteiger charge is 2.82. The van der Waals surface area contributed by atoms with E-state index in [1.807, 2.05) is 5.32 Å². The third-order valence-corrected chi connectivity index (χ3v) is 11.3. The molecule has 3 heterocycles. The summed E-state index contributed by atoms with van der Waals surface area (Å²) in [6, 6.07) is -4.12. The van der Waals surface area contributed by atoms with Crippen LogP contribution in [-0.2, 0) is 48.2 Å². The first kappa shape index (κ1) is 36.2. The van der Waals surface area contributed by atoms with Gasteiger partial charge in [-0.05, 0) is 38.5 Å². The lowest BCUT2D eigenvalue weighted by atomic mass is 9.92. The van der Waals surface area contributed by atoms with Crippen molar-refractivity contribution in [3.63, 3.8) is 0 Å². The van der Waals surface area contributed by atoms with Crippen LogP contribution in [0.2, 0.25) is 0 Å². The van der Waals surface area contributed by atoms with Crippen LogP contribution in [0, 0.1) is 0 Å². The number of likely N-dealkylation sites (N-methyl/N-ethyl adjacent to an activating group) is 1. The molecule has 0 spiro atoms. The van der Waals surface area contributed by atoms with E-state index in [2.05, 4.69) is 10.6 Å². The van der Waals surface area contributed by atoms with Gasteiger partial charge in [-0.3, -0.25) is 43.4 Å². The fraction of sp³-hybridized carbons (Fsp3) is 0.464. The summed E-state index contributed by atoms with van der Waals surface area (Å²) >= 11 is 0. The zero-order valence-corrected chi connectivity index (χ0v) is 27.5. The number of carboxylic acids is 1. The summed E-state index contributed by atoms with van der Waals surface area (Å²) in [5.41, 5.74) is -0.233. The van der Waals surface area contributed by atoms with E-state index in [0.717, 1.165) is 45.9 Å². The van der Waals surface area contributed by atoms with E-state index in [9.17, 15) is 56.7 Å².